The average Bonchev–Trinajstić information content (AvgIpc) is 2.94. The predicted octanol–water partition coefficient (Wildman–Crippen LogP) is 2.36. The van der Waals surface area contributed by atoms with Gasteiger partial charge in [0.25, 0.3) is 0 Å². The van der Waals surface area contributed by atoms with Crippen LogP contribution in [0.25, 0.3) is 0 Å². The summed E-state index contributed by atoms with van der Waals surface area (Å²) in [6, 6.07) is 0. The Morgan fingerprint density at radius 3 is 2.75 bits per heavy atom. The van der Waals surface area contributed by atoms with Gasteiger partial charge in [0.1, 0.15) is 0 Å². The maximum Gasteiger partial charge on any atom is 0.191 e. The SMILES string of the molecule is C#CC1C(C)=CC2(OCCCO2)C2CC12C. The van der Waals surface area contributed by atoms with Crippen molar-refractivity contribution in [2.45, 2.75) is 32.5 Å². The molecule has 0 aromatic heterocycles. The van der Waals surface area contributed by atoms with E-state index in [1.54, 1.807) is 0 Å². The first-order chi connectivity index (χ1) is 7.62. The standard InChI is InChI=1S/C14H18O2/c1-4-11-10(2)8-14(12-9-13(11,12)3)15-6-5-7-16-14/h1,8,11-12H,5-7,9H2,2-3H3. The molecule has 0 bridgehead atoms. The molecule has 1 saturated heterocycles. The van der Waals surface area contributed by atoms with Crippen LogP contribution in [0.15, 0.2) is 11.6 Å². The Labute approximate surface area is 97.0 Å². The molecule has 16 heavy (non-hydrogen) atoms. The fourth-order valence-corrected chi connectivity index (χ4v) is 3.49. The van der Waals surface area contributed by atoms with Crippen LogP contribution >= 0.6 is 0 Å². The quantitative estimate of drug-likeness (QED) is 0.459. The first kappa shape index (κ1) is 10.4. The van der Waals surface area contributed by atoms with E-state index in [1.807, 2.05) is 0 Å². The summed E-state index contributed by atoms with van der Waals surface area (Å²) in [4.78, 5) is 0. The van der Waals surface area contributed by atoms with Gasteiger partial charge >= 0.3 is 0 Å². The molecule has 3 atom stereocenters. The second kappa shape index (κ2) is 3.12. The Kier molecular flexibility index (Phi) is 2.02. The number of fused-ring (bicyclic) bond motifs is 2. The van der Waals surface area contributed by atoms with Gasteiger partial charge in [0.2, 0.25) is 0 Å². The summed E-state index contributed by atoms with van der Waals surface area (Å²) in [5.74, 6) is 3.18. The number of hydrogen-bond donors (Lipinski definition) is 0. The first-order valence-corrected chi connectivity index (χ1v) is 6.06. The zero-order valence-corrected chi connectivity index (χ0v) is 9.95. The molecule has 1 aliphatic heterocycles. The highest BCUT2D eigenvalue weighted by Crippen LogP contribution is 2.67. The fraction of sp³-hybridized carbons (Fsp3) is 0.714. The summed E-state index contributed by atoms with van der Waals surface area (Å²) in [7, 11) is 0. The maximum absolute atomic E-state index is 5.92. The highest BCUT2D eigenvalue weighted by Gasteiger charge is 2.67. The maximum atomic E-state index is 5.92. The van der Waals surface area contributed by atoms with Gasteiger partial charge < -0.3 is 9.47 Å². The molecule has 3 rings (SSSR count). The van der Waals surface area contributed by atoms with Crippen molar-refractivity contribution in [1.29, 1.82) is 0 Å². The molecule has 0 N–H and O–H groups in total. The summed E-state index contributed by atoms with van der Waals surface area (Å²) < 4.78 is 11.8. The van der Waals surface area contributed by atoms with Gasteiger partial charge in [0.15, 0.2) is 5.79 Å². The Balaban J connectivity index is 1.99. The Morgan fingerprint density at radius 1 is 1.44 bits per heavy atom. The summed E-state index contributed by atoms with van der Waals surface area (Å²) >= 11 is 0. The summed E-state index contributed by atoms with van der Waals surface area (Å²) in [5.41, 5.74) is 1.44. The topological polar surface area (TPSA) is 18.5 Å². The summed E-state index contributed by atoms with van der Waals surface area (Å²) in [6.45, 7) is 5.98. The van der Waals surface area contributed by atoms with Gasteiger partial charge in [-0.1, -0.05) is 18.4 Å². The van der Waals surface area contributed by atoms with Gasteiger partial charge in [-0.05, 0) is 31.3 Å². The molecule has 1 spiro atoms. The van der Waals surface area contributed by atoms with Crippen LogP contribution in [0.2, 0.25) is 0 Å². The highest BCUT2D eigenvalue weighted by atomic mass is 16.7. The molecule has 3 unspecified atom stereocenters. The number of allylic oxidation sites excluding steroid dienone is 1. The van der Waals surface area contributed by atoms with E-state index in [2.05, 4.69) is 25.8 Å². The van der Waals surface area contributed by atoms with E-state index >= 15 is 0 Å². The van der Waals surface area contributed by atoms with E-state index in [4.69, 9.17) is 15.9 Å². The molecule has 0 radical (unpaired) electrons. The third-order valence-corrected chi connectivity index (χ3v) is 4.42. The van der Waals surface area contributed by atoms with Crippen molar-refractivity contribution in [3.05, 3.63) is 11.6 Å². The lowest BCUT2D eigenvalue weighted by molar-refractivity contribution is -0.255. The molecule has 2 aliphatic carbocycles. The molecular weight excluding hydrogens is 200 g/mol. The van der Waals surface area contributed by atoms with Gasteiger partial charge in [0.05, 0.1) is 13.2 Å². The molecule has 2 fully saturated rings. The van der Waals surface area contributed by atoms with Gasteiger partial charge in [-0.2, -0.15) is 0 Å². The Hall–Kier alpha value is -0.780. The van der Waals surface area contributed by atoms with E-state index in [1.165, 1.54) is 5.57 Å². The minimum absolute atomic E-state index is 0.199. The van der Waals surface area contributed by atoms with Crippen LogP contribution in [0.3, 0.4) is 0 Å². The normalized spacial score (nSPS) is 44.4. The minimum Gasteiger partial charge on any atom is -0.346 e. The number of terminal acetylenes is 1. The van der Waals surface area contributed by atoms with E-state index < -0.39 is 5.79 Å². The van der Waals surface area contributed by atoms with Crippen molar-refractivity contribution in [3.63, 3.8) is 0 Å². The molecule has 2 heteroatoms. The molecule has 0 aromatic rings. The molecular formula is C14H18O2. The Morgan fingerprint density at radius 2 is 2.12 bits per heavy atom. The van der Waals surface area contributed by atoms with Crippen molar-refractivity contribution < 1.29 is 9.47 Å². The monoisotopic (exact) mass is 218 g/mol. The van der Waals surface area contributed by atoms with Crippen molar-refractivity contribution in [1.82, 2.24) is 0 Å². The van der Waals surface area contributed by atoms with Crippen molar-refractivity contribution in [2.75, 3.05) is 13.2 Å². The van der Waals surface area contributed by atoms with E-state index in [0.717, 1.165) is 26.1 Å². The Bertz CT molecular complexity index is 384. The van der Waals surface area contributed by atoms with Crippen LogP contribution in [0.4, 0.5) is 0 Å². The lowest BCUT2D eigenvalue weighted by Crippen LogP contribution is -2.46. The van der Waals surface area contributed by atoms with Crippen LogP contribution in [0.5, 0.6) is 0 Å². The predicted molar refractivity (Wildman–Crippen MR) is 61.5 cm³/mol. The van der Waals surface area contributed by atoms with Crippen molar-refractivity contribution >= 4 is 0 Å². The summed E-state index contributed by atoms with van der Waals surface area (Å²) in [5, 5.41) is 0. The van der Waals surface area contributed by atoms with Crippen molar-refractivity contribution in [3.8, 4) is 12.3 Å². The van der Waals surface area contributed by atoms with Crippen LogP contribution in [0.1, 0.15) is 26.7 Å². The second-order valence-corrected chi connectivity index (χ2v) is 5.52. The number of rotatable bonds is 0. The van der Waals surface area contributed by atoms with Gasteiger partial charge in [0, 0.05) is 11.8 Å². The van der Waals surface area contributed by atoms with E-state index in [-0.39, 0.29) is 11.3 Å². The molecule has 0 aromatic carbocycles. The van der Waals surface area contributed by atoms with Gasteiger partial charge in [-0.15, -0.1) is 6.42 Å². The van der Waals surface area contributed by atoms with Crippen LogP contribution in [-0.2, 0) is 9.47 Å². The number of ether oxygens (including phenoxy) is 2. The zero-order chi connectivity index (χ0) is 11.4. The summed E-state index contributed by atoms with van der Waals surface area (Å²) in [6.07, 6.45) is 9.89. The lowest BCUT2D eigenvalue weighted by atomic mass is 9.77. The van der Waals surface area contributed by atoms with Crippen LogP contribution in [0, 0.1) is 29.6 Å². The lowest BCUT2D eigenvalue weighted by Gasteiger charge is -2.41. The van der Waals surface area contributed by atoms with Gasteiger partial charge in [-0.25, -0.2) is 0 Å². The van der Waals surface area contributed by atoms with E-state index in [0.29, 0.717) is 5.92 Å². The van der Waals surface area contributed by atoms with Crippen molar-refractivity contribution in [2.24, 2.45) is 17.3 Å². The second-order valence-electron chi connectivity index (χ2n) is 5.52. The third-order valence-electron chi connectivity index (χ3n) is 4.42. The zero-order valence-electron chi connectivity index (χ0n) is 9.95. The third kappa shape index (κ3) is 1.16. The smallest absolute Gasteiger partial charge is 0.191 e. The molecule has 86 valence electrons. The highest BCUT2D eigenvalue weighted by molar-refractivity contribution is 5.34. The first-order valence-electron chi connectivity index (χ1n) is 6.06. The molecule has 1 heterocycles. The van der Waals surface area contributed by atoms with Crippen LogP contribution in [-0.4, -0.2) is 19.0 Å². The fourth-order valence-electron chi connectivity index (χ4n) is 3.49. The molecule has 2 nitrogen and oxygen atoms in total. The number of hydrogen-bond acceptors (Lipinski definition) is 2. The average molecular weight is 218 g/mol. The van der Waals surface area contributed by atoms with E-state index in [9.17, 15) is 0 Å². The molecule has 0 amide bonds. The van der Waals surface area contributed by atoms with Crippen LogP contribution < -0.4 is 0 Å². The largest absolute Gasteiger partial charge is 0.346 e. The molecule has 3 aliphatic rings. The molecule has 1 saturated carbocycles. The minimum atomic E-state index is -0.454. The van der Waals surface area contributed by atoms with Gasteiger partial charge in [-0.3, -0.25) is 0 Å².